The van der Waals surface area contributed by atoms with Gasteiger partial charge >= 0.3 is 5.97 Å². The van der Waals surface area contributed by atoms with Crippen LogP contribution in [-0.4, -0.2) is 51.2 Å². The smallest absolute Gasteiger partial charge is 0.335 e. The van der Waals surface area contributed by atoms with Gasteiger partial charge in [0.15, 0.2) is 5.69 Å². The molecule has 0 bridgehead atoms. The first kappa shape index (κ1) is 14.9. The number of aromatic carboxylic acids is 1. The van der Waals surface area contributed by atoms with Crippen LogP contribution in [0.3, 0.4) is 0 Å². The van der Waals surface area contributed by atoms with Crippen molar-refractivity contribution in [3.8, 4) is 0 Å². The summed E-state index contributed by atoms with van der Waals surface area (Å²) in [5.74, 6) is -1.25. The van der Waals surface area contributed by atoms with Crippen molar-refractivity contribution in [1.82, 2.24) is 20.1 Å². The molecule has 0 saturated carbocycles. The van der Waals surface area contributed by atoms with E-state index in [0.29, 0.717) is 10.1 Å². The number of rotatable bonds is 4. The average Bonchev–Trinajstić information content (AvgIpc) is 2.47. The van der Waals surface area contributed by atoms with Crippen LogP contribution in [0.15, 0.2) is 40.5 Å². The zero-order valence-electron chi connectivity index (χ0n) is 11.3. The quantitative estimate of drug-likeness (QED) is 0.912. The maximum atomic E-state index is 11.7. The normalized spacial score (nSPS) is 10.2. The minimum atomic E-state index is -1.02. The summed E-state index contributed by atoms with van der Waals surface area (Å²) in [5, 5.41) is 17.7. The lowest BCUT2D eigenvalue weighted by Gasteiger charge is -2.08. The van der Waals surface area contributed by atoms with E-state index in [1.54, 1.807) is 26.2 Å². The Hall–Kier alpha value is -2.48. The van der Waals surface area contributed by atoms with E-state index in [0.717, 1.165) is 0 Å². The monoisotopic (exact) mass is 304 g/mol. The molecule has 0 aliphatic heterocycles. The molecule has 2 rings (SSSR count). The molecule has 2 aromatic rings. The molecule has 0 radical (unpaired) electrons. The van der Waals surface area contributed by atoms with Gasteiger partial charge in [-0.1, -0.05) is 0 Å². The number of aromatic nitrogens is 3. The third kappa shape index (κ3) is 3.76. The SMILES string of the molecule is CN(C)C(=O)c1ccc(Sc2cc(C(=O)O)ccn2)nn1. The van der Waals surface area contributed by atoms with E-state index in [9.17, 15) is 9.59 Å². The fourth-order valence-corrected chi connectivity index (χ4v) is 2.15. The van der Waals surface area contributed by atoms with Gasteiger partial charge in [-0.3, -0.25) is 4.79 Å². The van der Waals surface area contributed by atoms with Crippen LogP contribution in [-0.2, 0) is 0 Å². The maximum absolute atomic E-state index is 11.7. The van der Waals surface area contributed by atoms with E-state index in [-0.39, 0.29) is 17.2 Å². The molecule has 7 nitrogen and oxygen atoms in total. The largest absolute Gasteiger partial charge is 0.478 e. The van der Waals surface area contributed by atoms with Crippen molar-refractivity contribution in [3.63, 3.8) is 0 Å². The summed E-state index contributed by atoms with van der Waals surface area (Å²) >= 11 is 1.18. The molecule has 108 valence electrons. The highest BCUT2D eigenvalue weighted by Gasteiger charge is 2.11. The van der Waals surface area contributed by atoms with Crippen LogP contribution >= 0.6 is 11.8 Å². The van der Waals surface area contributed by atoms with Gasteiger partial charge in [-0.25, -0.2) is 9.78 Å². The van der Waals surface area contributed by atoms with Crippen molar-refractivity contribution in [2.75, 3.05) is 14.1 Å². The summed E-state index contributed by atoms with van der Waals surface area (Å²) in [5.41, 5.74) is 0.400. The molecular weight excluding hydrogens is 292 g/mol. The van der Waals surface area contributed by atoms with Crippen molar-refractivity contribution in [2.45, 2.75) is 10.1 Å². The molecule has 0 unspecified atom stereocenters. The van der Waals surface area contributed by atoms with Crippen LogP contribution in [0.25, 0.3) is 0 Å². The molecule has 21 heavy (non-hydrogen) atoms. The Balaban J connectivity index is 2.15. The fraction of sp³-hybridized carbons (Fsp3) is 0.154. The van der Waals surface area contributed by atoms with Crippen LogP contribution in [0.4, 0.5) is 0 Å². The molecule has 1 N–H and O–H groups in total. The Morgan fingerprint density at radius 1 is 1.14 bits per heavy atom. The number of hydrogen-bond donors (Lipinski definition) is 1. The Kier molecular flexibility index (Phi) is 4.49. The van der Waals surface area contributed by atoms with Crippen LogP contribution in [0.5, 0.6) is 0 Å². The molecule has 0 aliphatic carbocycles. The lowest BCUT2D eigenvalue weighted by Crippen LogP contribution is -2.23. The summed E-state index contributed by atoms with van der Waals surface area (Å²) in [4.78, 5) is 28.0. The lowest BCUT2D eigenvalue weighted by atomic mass is 10.3. The van der Waals surface area contributed by atoms with Gasteiger partial charge in [-0.15, -0.1) is 10.2 Å². The number of carbonyl (C=O) groups is 2. The zero-order valence-corrected chi connectivity index (χ0v) is 12.2. The van der Waals surface area contributed by atoms with E-state index < -0.39 is 5.97 Å². The third-order valence-electron chi connectivity index (χ3n) is 2.46. The topological polar surface area (TPSA) is 96.3 Å². The van der Waals surface area contributed by atoms with Gasteiger partial charge in [0.1, 0.15) is 10.1 Å². The summed E-state index contributed by atoms with van der Waals surface area (Å²) in [7, 11) is 3.27. The summed E-state index contributed by atoms with van der Waals surface area (Å²) in [6.45, 7) is 0. The van der Waals surface area contributed by atoms with Gasteiger partial charge in [0.05, 0.1) is 5.56 Å². The zero-order chi connectivity index (χ0) is 15.4. The highest BCUT2D eigenvalue weighted by molar-refractivity contribution is 7.99. The van der Waals surface area contributed by atoms with Crippen molar-refractivity contribution >= 4 is 23.6 Å². The van der Waals surface area contributed by atoms with Gasteiger partial charge in [0.2, 0.25) is 0 Å². The second-order valence-corrected chi connectivity index (χ2v) is 5.29. The molecule has 8 heteroatoms. The van der Waals surface area contributed by atoms with E-state index in [1.165, 1.54) is 35.0 Å². The van der Waals surface area contributed by atoms with Crippen molar-refractivity contribution in [2.24, 2.45) is 0 Å². The van der Waals surface area contributed by atoms with E-state index in [4.69, 9.17) is 5.11 Å². The first-order chi connectivity index (χ1) is 9.97. The van der Waals surface area contributed by atoms with Crippen LogP contribution in [0.1, 0.15) is 20.8 Å². The fourth-order valence-electron chi connectivity index (χ4n) is 1.42. The Labute approximate surface area is 125 Å². The van der Waals surface area contributed by atoms with E-state index in [1.807, 2.05) is 0 Å². The Bertz CT molecular complexity index is 673. The number of carboxylic acids is 1. The summed E-state index contributed by atoms with van der Waals surface area (Å²) in [6.07, 6.45) is 1.42. The molecule has 0 spiro atoms. The van der Waals surface area contributed by atoms with Gasteiger partial charge in [-0.2, -0.15) is 0 Å². The number of hydrogen-bond acceptors (Lipinski definition) is 6. The van der Waals surface area contributed by atoms with Crippen molar-refractivity contribution in [3.05, 3.63) is 41.7 Å². The predicted octanol–water partition coefficient (Wildman–Crippen LogP) is 1.42. The Morgan fingerprint density at radius 3 is 2.48 bits per heavy atom. The van der Waals surface area contributed by atoms with Crippen molar-refractivity contribution < 1.29 is 14.7 Å². The molecule has 0 atom stereocenters. The molecule has 1 amide bonds. The summed E-state index contributed by atoms with van der Waals surface area (Å²) < 4.78 is 0. The van der Waals surface area contributed by atoms with Gasteiger partial charge in [0.25, 0.3) is 5.91 Å². The molecule has 0 fully saturated rings. The highest BCUT2D eigenvalue weighted by atomic mass is 32.2. The first-order valence-electron chi connectivity index (χ1n) is 5.90. The number of nitrogens with zero attached hydrogens (tertiary/aromatic N) is 4. The third-order valence-corrected chi connectivity index (χ3v) is 3.32. The van der Waals surface area contributed by atoms with Crippen LogP contribution in [0.2, 0.25) is 0 Å². The number of amides is 1. The average molecular weight is 304 g/mol. The molecule has 2 heterocycles. The second-order valence-electron chi connectivity index (χ2n) is 4.25. The minimum absolute atomic E-state index is 0.153. The van der Waals surface area contributed by atoms with Gasteiger partial charge in [0, 0.05) is 20.3 Å². The summed E-state index contributed by atoms with van der Waals surface area (Å²) in [6, 6.07) is 6.08. The van der Waals surface area contributed by atoms with Crippen molar-refractivity contribution in [1.29, 1.82) is 0 Å². The second kappa shape index (κ2) is 6.31. The van der Waals surface area contributed by atoms with Crippen LogP contribution in [0, 0.1) is 0 Å². The molecule has 0 aromatic carbocycles. The first-order valence-corrected chi connectivity index (χ1v) is 6.71. The van der Waals surface area contributed by atoms with Gasteiger partial charge < -0.3 is 10.0 Å². The molecular formula is C13H12N4O3S. The molecule has 0 aliphatic rings. The standard InChI is InChI=1S/C13H12N4O3S/c1-17(2)12(18)9-3-4-10(16-15-9)21-11-7-8(13(19)20)5-6-14-11/h3-7H,1-2H3,(H,19,20). The van der Waals surface area contributed by atoms with Crippen LogP contribution < -0.4 is 0 Å². The number of carboxylic acid groups (broad SMARTS) is 1. The van der Waals surface area contributed by atoms with Gasteiger partial charge in [-0.05, 0) is 36.0 Å². The maximum Gasteiger partial charge on any atom is 0.335 e. The highest BCUT2D eigenvalue weighted by Crippen LogP contribution is 2.24. The predicted molar refractivity (Wildman–Crippen MR) is 75.4 cm³/mol. The van der Waals surface area contributed by atoms with E-state index in [2.05, 4.69) is 15.2 Å². The number of pyridine rings is 1. The lowest BCUT2D eigenvalue weighted by molar-refractivity contribution is 0.0696. The Morgan fingerprint density at radius 2 is 1.90 bits per heavy atom. The minimum Gasteiger partial charge on any atom is -0.478 e. The molecule has 2 aromatic heterocycles. The number of carbonyl (C=O) groups excluding carboxylic acids is 1. The van der Waals surface area contributed by atoms with E-state index >= 15 is 0 Å². The molecule has 0 saturated heterocycles.